The number of nitrogens with one attached hydrogen (secondary N) is 2. The molecule has 0 unspecified atom stereocenters. The number of nitriles is 1. The van der Waals surface area contributed by atoms with Crippen molar-refractivity contribution < 1.29 is 13.2 Å². The first-order valence-electron chi connectivity index (χ1n) is 11.1. The lowest BCUT2D eigenvalue weighted by Gasteiger charge is -2.12. The SMILES string of the molecule is CCNS(=O)(=O)c1ccc(NC(=O)CSc2nc(-c3cccs3)cc(-c3ccc(Cl)cc3)c2C#N)cc1. The van der Waals surface area contributed by atoms with E-state index < -0.39 is 10.0 Å². The van der Waals surface area contributed by atoms with E-state index in [0.717, 1.165) is 22.2 Å². The lowest BCUT2D eigenvalue weighted by molar-refractivity contribution is -0.113. The number of rotatable bonds is 9. The number of hydrogen-bond donors (Lipinski definition) is 2. The van der Waals surface area contributed by atoms with Gasteiger partial charge in [0.15, 0.2) is 0 Å². The third kappa shape index (κ3) is 6.57. The van der Waals surface area contributed by atoms with Crippen LogP contribution < -0.4 is 10.0 Å². The molecule has 0 saturated carbocycles. The maximum Gasteiger partial charge on any atom is 0.240 e. The first kappa shape index (κ1) is 26.9. The van der Waals surface area contributed by atoms with Crippen LogP contribution in [0.2, 0.25) is 5.02 Å². The van der Waals surface area contributed by atoms with Gasteiger partial charge in [0.2, 0.25) is 15.9 Å². The first-order chi connectivity index (χ1) is 17.8. The fourth-order valence-electron chi connectivity index (χ4n) is 3.46. The standard InChI is InChI=1S/C26H21ClN4O3S3/c1-2-29-37(33,34)20-11-9-19(10-12-20)30-25(32)16-36-26-22(15-28)21(17-5-7-18(27)8-6-17)14-23(31-26)24-4-3-13-35-24/h3-14,29H,2,16H2,1H3,(H,30,32). The molecule has 2 aromatic heterocycles. The largest absolute Gasteiger partial charge is 0.325 e. The third-order valence-corrected chi connectivity index (χ3v) is 8.83. The van der Waals surface area contributed by atoms with E-state index in [-0.39, 0.29) is 23.1 Å². The minimum Gasteiger partial charge on any atom is -0.325 e. The van der Waals surface area contributed by atoms with Gasteiger partial charge in [-0.3, -0.25) is 4.79 Å². The van der Waals surface area contributed by atoms with E-state index >= 15 is 0 Å². The predicted octanol–water partition coefficient (Wildman–Crippen LogP) is 6.03. The molecule has 2 N–H and O–H groups in total. The van der Waals surface area contributed by atoms with Crippen LogP contribution in [0, 0.1) is 11.3 Å². The molecule has 7 nitrogen and oxygen atoms in total. The molecule has 2 heterocycles. The van der Waals surface area contributed by atoms with Crippen molar-refractivity contribution in [1.29, 1.82) is 5.26 Å². The zero-order chi connectivity index (χ0) is 26.4. The van der Waals surface area contributed by atoms with Crippen molar-refractivity contribution in [3.8, 4) is 27.8 Å². The van der Waals surface area contributed by atoms with Crippen molar-refractivity contribution >= 4 is 56.3 Å². The van der Waals surface area contributed by atoms with E-state index in [0.29, 0.717) is 32.6 Å². The fourth-order valence-corrected chi connectivity index (χ4v) is 6.12. The van der Waals surface area contributed by atoms with Crippen LogP contribution in [0.25, 0.3) is 21.7 Å². The Hall–Kier alpha value is -3.20. The quantitative estimate of drug-likeness (QED) is 0.238. The van der Waals surface area contributed by atoms with Gasteiger partial charge in [-0.15, -0.1) is 11.3 Å². The monoisotopic (exact) mass is 568 g/mol. The lowest BCUT2D eigenvalue weighted by atomic mass is 10.0. The van der Waals surface area contributed by atoms with Crippen molar-refractivity contribution in [2.24, 2.45) is 0 Å². The van der Waals surface area contributed by atoms with Gasteiger partial charge in [0.25, 0.3) is 0 Å². The summed E-state index contributed by atoms with van der Waals surface area (Å²) in [5, 5.41) is 15.7. The number of amides is 1. The number of halogens is 1. The zero-order valence-electron chi connectivity index (χ0n) is 19.6. The van der Waals surface area contributed by atoms with E-state index in [2.05, 4.69) is 16.1 Å². The summed E-state index contributed by atoms with van der Waals surface area (Å²) in [6.07, 6.45) is 0. The smallest absolute Gasteiger partial charge is 0.240 e. The third-order valence-electron chi connectivity index (χ3n) is 5.15. The second-order valence-corrected chi connectivity index (χ2v) is 11.8. The number of pyridine rings is 1. The average Bonchev–Trinajstić information content (AvgIpc) is 3.43. The number of sulfonamides is 1. The summed E-state index contributed by atoms with van der Waals surface area (Å²) in [6, 6.07) is 21.1. The summed E-state index contributed by atoms with van der Waals surface area (Å²) in [6.45, 7) is 1.98. The Bertz CT molecular complexity index is 1550. The molecule has 188 valence electrons. The first-order valence-corrected chi connectivity index (χ1v) is 14.8. The zero-order valence-corrected chi connectivity index (χ0v) is 22.8. The number of benzene rings is 2. The van der Waals surface area contributed by atoms with Crippen LogP contribution >= 0.6 is 34.7 Å². The summed E-state index contributed by atoms with van der Waals surface area (Å²) in [4.78, 5) is 18.4. The van der Waals surface area contributed by atoms with Gasteiger partial charge in [0.05, 0.1) is 26.8 Å². The highest BCUT2D eigenvalue weighted by Gasteiger charge is 2.18. The van der Waals surface area contributed by atoms with Crippen molar-refractivity contribution in [3.63, 3.8) is 0 Å². The Kier molecular flexibility index (Phi) is 8.63. The molecular weight excluding hydrogens is 548 g/mol. The molecule has 0 spiro atoms. The van der Waals surface area contributed by atoms with Crippen molar-refractivity contribution in [2.75, 3.05) is 17.6 Å². The number of thioether (sulfide) groups is 1. The van der Waals surface area contributed by atoms with Crippen LogP contribution in [0.4, 0.5) is 5.69 Å². The number of hydrogen-bond acceptors (Lipinski definition) is 7. The van der Waals surface area contributed by atoms with Gasteiger partial charge >= 0.3 is 0 Å². The summed E-state index contributed by atoms with van der Waals surface area (Å²) in [5.74, 6) is -0.305. The second kappa shape index (κ2) is 11.9. The highest BCUT2D eigenvalue weighted by Crippen LogP contribution is 2.35. The molecule has 11 heteroatoms. The summed E-state index contributed by atoms with van der Waals surface area (Å²) < 4.78 is 26.6. The predicted molar refractivity (Wildman–Crippen MR) is 149 cm³/mol. The van der Waals surface area contributed by atoms with Crippen molar-refractivity contribution in [1.82, 2.24) is 9.71 Å². The maximum atomic E-state index is 12.7. The molecule has 4 aromatic rings. The van der Waals surface area contributed by atoms with Gasteiger partial charge in [-0.05, 0) is 59.5 Å². The van der Waals surface area contributed by atoms with Gasteiger partial charge in [-0.2, -0.15) is 5.26 Å². The van der Waals surface area contributed by atoms with E-state index in [1.165, 1.54) is 35.6 Å². The summed E-state index contributed by atoms with van der Waals surface area (Å²) in [7, 11) is -3.57. The van der Waals surface area contributed by atoms with Crippen LogP contribution in [0.5, 0.6) is 0 Å². The van der Waals surface area contributed by atoms with E-state index in [9.17, 15) is 18.5 Å². The van der Waals surface area contributed by atoms with Crippen LogP contribution in [0.3, 0.4) is 0 Å². The van der Waals surface area contributed by atoms with Crippen molar-refractivity contribution in [3.05, 3.63) is 82.7 Å². The van der Waals surface area contributed by atoms with Crippen LogP contribution in [-0.4, -0.2) is 31.6 Å². The van der Waals surface area contributed by atoms with Crippen LogP contribution in [0.1, 0.15) is 12.5 Å². The van der Waals surface area contributed by atoms with Crippen LogP contribution in [0.15, 0.2) is 82.0 Å². The molecule has 0 bridgehead atoms. The number of aromatic nitrogens is 1. The Morgan fingerprint density at radius 1 is 1.14 bits per heavy atom. The fraction of sp³-hybridized carbons (Fsp3) is 0.115. The van der Waals surface area contributed by atoms with E-state index in [4.69, 9.17) is 16.6 Å². The van der Waals surface area contributed by atoms with Crippen LogP contribution in [-0.2, 0) is 14.8 Å². The van der Waals surface area contributed by atoms with Gasteiger partial charge in [0, 0.05) is 22.8 Å². The normalized spacial score (nSPS) is 11.2. The summed E-state index contributed by atoms with van der Waals surface area (Å²) in [5.41, 5.74) is 3.07. The molecule has 0 saturated heterocycles. The highest BCUT2D eigenvalue weighted by molar-refractivity contribution is 8.00. The minimum atomic E-state index is -3.57. The Labute approximate surface area is 228 Å². The molecule has 0 aliphatic heterocycles. The highest BCUT2D eigenvalue weighted by atomic mass is 35.5. The lowest BCUT2D eigenvalue weighted by Crippen LogP contribution is -2.23. The number of carbonyl (C=O) groups excluding carboxylic acids is 1. The molecule has 0 atom stereocenters. The molecule has 2 aromatic carbocycles. The van der Waals surface area contributed by atoms with Gasteiger partial charge in [0.1, 0.15) is 11.1 Å². The van der Waals surface area contributed by atoms with Crippen molar-refractivity contribution in [2.45, 2.75) is 16.8 Å². The molecule has 0 aliphatic carbocycles. The number of nitrogens with zero attached hydrogens (tertiary/aromatic N) is 2. The topological polar surface area (TPSA) is 112 Å². The minimum absolute atomic E-state index is 0.00702. The van der Waals surface area contributed by atoms with Gasteiger partial charge in [-0.1, -0.05) is 48.5 Å². The Morgan fingerprint density at radius 3 is 2.49 bits per heavy atom. The average molecular weight is 569 g/mol. The maximum absolute atomic E-state index is 12.7. The van der Waals surface area contributed by atoms with Gasteiger partial charge < -0.3 is 5.32 Å². The Morgan fingerprint density at radius 2 is 1.86 bits per heavy atom. The molecule has 0 radical (unpaired) electrons. The molecule has 0 fully saturated rings. The second-order valence-electron chi connectivity index (χ2n) is 7.69. The molecule has 1 amide bonds. The molecule has 4 rings (SSSR count). The number of carbonyl (C=O) groups is 1. The Balaban J connectivity index is 1.56. The van der Waals surface area contributed by atoms with E-state index in [1.54, 1.807) is 19.1 Å². The molecular formula is C26H21ClN4O3S3. The number of thiophene rings is 1. The van der Waals surface area contributed by atoms with Gasteiger partial charge in [-0.25, -0.2) is 18.1 Å². The summed E-state index contributed by atoms with van der Waals surface area (Å²) >= 11 is 8.75. The number of anilines is 1. The molecule has 37 heavy (non-hydrogen) atoms. The molecule has 0 aliphatic rings. The van der Waals surface area contributed by atoms with E-state index in [1.807, 2.05) is 35.7 Å².